The van der Waals surface area contributed by atoms with E-state index in [1.54, 1.807) is 0 Å². The number of rotatable bonds is 8. The predicted molar refractivity (Wildman–Crippen MR) is 84.6 cm³/mol. The Morgan fingerprint density at radius 1 is 1.29 bits per heavy atom. The van der Waals surface area contributed by atoms with Crippen LogP contribution in [0, 0.1) is 0 Å². The van der Waals surface area contributed by atoms with Crippen LogP contribution in [-0.2, 0) is 14.8 Å². The van der Waals surface area contributed by atoms with Gasteiger partial charge in [0.1, 0.15) is 0 Å². The highest BCUT2D eigenvalue weighted by molar-refractivity contribution is 7.88. The van der Waals surface area contributed by atoms with Gasteiger partial charge < -0.3 is 10.6 Å². The van der Waals surface area contributed by atoms with E-state index in [1.807, 2.05) is 6.92 Å². The summed E-state index contributed by atoms with van der Waals surface area (Å²) in [6.45, 7) is 5.78. The minimum atomic E-state index is -3.09. The first-order valence-electron chi connectivity index (χ1n) is 7.83. The molecule has 1 aliphatic rings. The highest BCUT2D eigenvalue weighted by Gasteiger charge is 2.26. The van der Waals surface area contributed by atoms with E-state index in [0.29, 0.717) is 13.1 Å². The van der Waals surface area contributed by atoms with E-state index in [-0.39, 0.29) is 18.0 Å². The standard InChI is InChI=1S/C14H29N3O3S/c1-4-5-6-9-15-14(18)12(2)16-13-7-10-17(11-8-13)21(3,19)20/h12-13,16H,4-11H2,1-3H3,(H,15,18). The first kappa shape index (κ1) is 18.4. The zero-order valence-electron chi connectivity index (χ0n) is 13.4. The van der Waals surface area contributed by atoms with Crippen LogP contribution in [0.1, 0.15) is 46.0 Å². The lowest BCUT2D eigenvalue weighted by Crippen LogP contribution is -2.51. The lowest BCUT2D eigenvalue weighted by Gasteiger charge is -2.32. The van der Waals surface area contributed by atoms with Crippen LogP contribution in [0.25, 0.3) is 0 Å². The first-order valence-corrected chi connectivity index (χ1v) is 9.68. The minimum absolute atomic E-state index is 0.0247. The van der Waals surface area contributed by atoms with Crippen molar-refractivity contribution >= 4 is 15.9 Å². The van der Waals surface area contributed by atoms with E-state index in [4.69, 9.17) is 0 Å². The molecule has 0 spiro atoms. The molecule has 0 saturated carbocycles. The van der Waals surface area contributed by atoms with E-state index < -0.39 is 10.0 Å². The topological polar surface area (TPSA) is 78.5 Å². The number of sulfonamides is 1. The largest absolute Gasteiger partial charge is 0.355 e. The maximum Gasteiger partial charge on any atom is 0.236 e. The average Bonchev–Trinajstić information content (AvgIpc) is 2.43. The van der Waals surface area contributed by atoms with Crippen LogP contribution >= 0.6 is 0 Å². The molecule has 1 fully saturated rings. The van der Waals surface area contributed by atoms with Gasteiger partial charge in [0.25, 0.3) is 0 Å². The Morgan fingerprint density at radius 2 is 1.90 bits per heavy atom. The second kappa shape index (κ2) is 8.70. The molecule has 0 aliphatic carbocycles. The molecule has 0 aromatic heterocycles. The third-order valence-corrected chi connectivity index (χ3v) is 5.18. The lowest BCUT2D eigenvalue weighted by molar-refractivity contribution is -0.123. The van der Waals surface area contributed by atoms with Gasteiger partial charge in [-0.25, -0.2) is 12.7 Å². The molecular formula is C14H29N3O3S. The highest BCUT2D eigenvalue weighted by atomic mass is 32.2. The Balaban J connectivity index is 2.26. The molecule has 7 heteroatoms. The summed E-state index contributed by atoms with van der Waals surface area (Å²) in [5.41, 5.74) is 0. The number of hydrogen-bond donors (Lipinski definition) is 2. The molecule has 21 heavy (non-hydrogen) atoms. The molecule has 2 N–H and O–H groups in total. The van der Waals surface area contributed by atoms with E-state index in [2.05, 4.69) is 17.6 Å². The van der Waals surface area contributed by atoms with Gasteiger partial charge in [0, 0.05) is 25.7 Å². The van der Waals surface area contributed by atoms with Crippen molar-refractivity contribution in [2.75, 3.05) is 25.9 Å². The number of carbonyl (C=O) groups excluding carboxylic acids is 1. The molecule has 1 heterocycles. The molecule has 6 nitrogen and oxygen atoms in total. The van der Waals surface area contributed by atoms with Gasteiger partial charge in [0.15, 0.2) is 0 Å². The number of nitrogens with zero attached hydrogens (tertiary/aromatic N) is 1. The zero-order chi connectivity index (χ0) is 15.9. The summed E-state index contributed by atoms with van der Waals surface area (Å²) in [4.78, 5) is 11.9. The van der Waals surface area contributed by atoms with Crippen molar-refractivity contribution in [2.24, 2.45) is 0 Å². The van der Waals surface area contributed by atoms with Crippen molar-refractivity contribution in [3.63, 3.8) is 0 Å². The van der Waals surface area contributed by atoms with Gasteiger partial charge in [-0.05, 0) is 26.2 Å². The van der Waals surface area contributed by atoms with E-state index in [9.17, 15) is 13.2 Å². The Kier molecular flexibility index (Phi) is 7.62. The summed E-state index contributed by atoms with van der Waals surface area (Å²) in [7, 11) is -3.09. The summed E-state index contributed by atoms with van der Waals surface area (Å²) in [6, 6.07) is -0.0270. The number of carbonyl (C=O) groups is 1. The molecule has 1 aliphatic heterocycles. The Labute approximate surface area is 128 Å². The van der Waals surface area contributed by atoms with Gasteiger partial charge in [-0.2, -0.15) is 0 Å². The smallest absolute Gasteiger partial charge is 0.236 e. The SMILES string of the molecule is CCCCCNC(=O)C(C)NC1CCN(S(C)(=O)=O)CC1. The van der Waals surface area contributed by atoms with Gasteiger partial charge in [0.05, 0.1) is 12.3 Å². The normalized spacial score (nSPS) is 19.4. The third-order valence-electron chi connectivity index (χ3n) is 3.88. The van der Waals surface area contributed by atoms with Crippen LogP contribution in [0.4, 0.5) is 0 Å². The summed E-state index contributed by atoms with van der Waals surface area (Å²) in [5, 5.41) is 6.23. The van der Waals surface area contributed by atoms with Crippen molar-refractivity contribution in [3.05, 3.63) is 0 Å². The van der Waals surface area contributed by atoms with Gasteiger partial charge in [-0.15, -0.1) is 0 Å². The molecule has 1 amide bonds. The van der Waals surface area contributed by atoms with Crippen molar-refractivity contribution < 1.29 is 13.2 Å². The third kappa shape index (κ3) is 6.76. The number of hydrogen-bond acceptors (Lipinski definition) is 4. The molecule has 1 unspecified atom stereocenters. The monoisotopic (exact) mass is 319 g/mol. The molecule has 1 atom stereocenters. The summed E-state index contributed by atoms with van der Waals surface area (Å²) in [5.74, 6) is 0.0247. The van der Waals surface area contributed by atoms with Crippen molar-refractivity contribution in [1.29, 1.82) is 0 Å². The average molecular weight is 319 g/mol. The molecule has 0 bridgehead atoms. The van der Waals surface area contributed by atoms with Gasteiger partial charge >= 0.3 is 0 Å². The maximum absolute atomic E-state index is 11.9. The fourth-order valence-corrected chi connectivity index (χ4v) is 3.40. The molecule has 1 rings (SSSR count). The summed E-state index contributed by atoms with van der Waals surface area (Å²) < 4.78 is 24.4. The molecule has 0 aromatic carbocycles. The maximum atomic E-state index is 11.9. The summed E-state index contributed by atoms with van der Waals surface area (Å²) in [6.07, 6.45) is 6.03. The quantitative estimate of drug-likeness (QED) is 0.645. The van der Waals surface area contributed by atoms with Crippen molar-refractivity contribution in [3.8, 4) is 0 Å². The number of amides is 1. The van der Waals surface area contributed by atoms with Crippen molar-refractivity contribution in [2.45, 2.75) is 58.0 Å². The van der Waals surface area contributed by atoms with Crippen LogP contribution in [0.3, 0.4) is 0 Å². The Morgan fingerprint density at radius 3 is 2.43 bits per heavy atom. The second-order valence-corrected chi connectivity index (χ2v) is 7.81. The Hall–Kier alpha value is -0.660. The highest BCUT2D eigenvalue weighted by Crippen LogP contribution is 2.13. The van der Waals surface area contributed by atoms with Crippen molar-refractivity contribution in [1.82, 2.24) is 14.9 Å². The molecule has 0 aromatic rings. The van der Waals surface area contributed by atoms with Crippen LogP contribution in [0.15, 0.2) is 0 Å². The van der Waals surface area contributed by atoms with E-state index >= 15 is 0 Å². The molecule has 124 valence electrons. The van der Waals surface area contributed by atoms with Gasteiger partial charge in [-0.1, -0.05) is 19.8 Å². The zero-order valence-corrected chi connectivity index (χ0v) is 14.2. The van der Waals surface area contributed by atoms with E-state index in [1.165, 1.54) is 10.6 Å². The molecule has 1 saturated heterocycles. The Bertz CT molecular complexity index is 417. The van der Waals surface area contributed by atoms with E-state index in [0.717, 1.165) is 38.6 Å². The van der Waals surface area contributed by atoms with Gasteiger partial charge in [0.2, 0.25) is 15.9 Å². The number of piperidine rings is 1. The lowest BCUT2D eigenvalue weighted by atomic mass is 10.1. The van der Waals surface area contributed by atoms with Crippen LogP contribution < -0.4 is 10.6 Å². The van der Waals surface area contributed by atoms with Crippen LogP contribution in [-0.4, -0.2) is 56.6 Å². The summed E-state index contributed by atoms with van der Waals surface area (Å²) >= 11 is 0. The van der Waals surface area contributed by atoms with Crippen LogP contribution in [0.2, 0.25) is 0 Å². The molecular weight excluding hydrogens is 290 g/mol. The minimum Gasteiger partial charge on any atom is -0.355 e. The van der Waals surface area contributed by atoms with Crippen LogP contribution in [0.5, 0.6) is 0 Å². The molecule has 0 radical (unpaired) electrons. The predicted octanol–water partition coefficient (Wildman–Crippen LogP) is 0.695. The number of nitrogens with one attached hydrogen (secondary N) is 2. The number of unbranched alkanes of at least 4 members (excludes halogenated alkanes) is 2. The second-order valence-electron chi connectivity index (χ2n) is 5.82. The first-order chi connectivity index (χ1) is 9.84. The van der Waals surface area contributed by atoms with Gasteiger partial charge in [-0.3, -0.25) is 4.79 Å². The fourth-order valence-electron chi connectivity index (χ4n) is 2.52. The fraction of sp³-hybridized carbons (Fsp3) is 0.929.